The molecule has 84 valence electrons. The first-order valence-corrected chi connectivity index (χ1v) is 6.44. The molecule has 0 aromatic carbocycles. The lowest BCUT2D eigenvalue weighted by Crippen LogP contribution is -2.21. The van der Waals surface area contributed by atoms with Gasteiger partial charge in [0.05, 0.1) is 21.1 Å². The van der Waals surface area contributed by atoms with E-state index in [1.165, 1.54) is 0 Å². The number of nitrogens with one attached hydrogen (secondary N) is 1. The van der Waals surface area contributed by atoms with Gasteiger partial charge in [-0.3, -0.25) is 0 Å². The van der Waals surface area contributed by atoms with E-state index in [1.54, 1.807) is 11.3 Å². The second kappa shape index (κ2) is 3.58. The Bertz CT molecular complexity index is 513. The van der Waals surface area contributed by atoms with Crippen LogP contribution in [0.15, 0.2) is 18.3 Å². The first-order valence-electron chi connectivity index (χ1n) is 5.25. The van der Waals surface area contributed by atoms with E-state index in [0.29, 0.717) is 6.54 Å². The minimum Gasteiger partial charge on any atom is -0.341 e. The predicted octanol–water partition coefficient (Wildman–Crippen LogP) is 2.78. The third-order valence-electron chi connectivity index (χ3n) is 3.16. The highest BCUT2D eigenvalue weighted by molar-refractivity contribution is 7.19. The highest BCUT2D eigenvalue weighted by Gasteiger charge is 2.45. The van der Waals surface area contributed by atoms with Crippen LogP contribution >= 0.6 is 22.9 Å². The summed E-state index contributed by atoms with van der Waals surface area (Å²) in [5.41, 5.74) is 6.93. The zero-order valence-electron chi connectivity index (χ0n) is 8.66. The van der Waals surface area contributed by atoms with Crippen LogP contribution in [-0.2, 0) is 5.41 Å². The lowest BCUT2D eigenvalue weighted by atomic mass is 10.1. The fraction of sp³-hybridized carbons (Fsp3) is 0.364. The number of aromatic nitrogens is 2. The van der Waals surface area contributed by atoms with E-state index in [4.69, 9.17) is 17.3 Å². The zero-order valence-corrected chi connectivity index (χ0v) is 10.2. The molecule has 1 saturated carbocycles. The van der Waals surface area contributed by atoms with Crippen molar-refractivity contribution in [2.75, 3.05) is 6.54 Å². The monoisotopic (exact) mass is 253 g/mol. The number of halogens is 1. The summed E-state index contributed by atoms with van der Waals surface area (Å²) in [6.07, 6.45) is 4.15. The van der Waals surface area contributed by atoms with E-state index in [9.17, 15) is 0 Å². The van der Waals surface area contributed by atoms with Crippen LogP contribution < -0.4 is 5.73 Å². The quantitative estimate of drug-likeness (QED) is 0.884. The standard InChI is InChI=1S/C11H12ClN3S/c12-9-2-1-8(16-9)7-5-14-10(15-7)11(6-13)3-4-11/h1-2,5H,3-4,6,13H2,(H,14,15). The first kappa shape index (κ1) is 10.3. The third-order valence-corrected chi connectivity index (χ3v) is 4.43. The molecule has 5 heteroatoms. The molecule has 0 radical (unpaired) electrons. The van der Waals surface area contributed by atoms with E-state index in [1.807, 2.05) is 18.3 Å². The highest BCUT2D eigenvalue weighted by Crippen LogP contribution is 2.46. The molecule has 1 fully saturated rings. The van der Waals surface area contributed by atoms with Crippen molar-refractivity contribution in [3.8, 4) is 10.6 Å². The fourth-order valence-corrected chi connectivity index (χ4v) is 2.87. The Kier molecular flexibility index (Phi) is 2.31. The summed E-state index contributed by atoms with van der Waals surface area (Å²) in [6, 6.07) is 3.91. The number of hydrogen-bond donors (Lipinski definition) is 2. The summed E-state index contributed by atoms with van der Waals surface area (Å²) in [5, 5.41) is 0. The van der Waals surface area contributed by atoms with Crippen LogP contribution in [0.2, 0.25) is 4.34 Å². The molecule has 0 atom stereocenters. The predicted molar refractivity (Wildman–Crippen MR) is 66.9 cm³/mol. The molecule has 2 heterocycles. The van der Waals surface area contributed by atoms with E-state index >= 15 is 0 Å². The summed E-state index contributed by atoms with van der Waals surface area (Å²) >= 11 is 7.47. The number of hydrogen-bond acceptors (Lipinski definition) is 3. The molecule has 3 rings (SSSR count). The Morgan fingerprint density at radius 3 is 2.88 bits per heavy atom. The van der Waals surface area contributed by atoms with E-state index in [-0.39, 0.29) is 5.41 Å². The number of imidazole rings is 1. The van der Waals surface area contributed by atoms with E-state index < -0.39 is 0 Å². The van der Waals surface area contributed by atoms with Gasteiger partial charge in [-0.15, -0.1) is 11.3 Å². The van der Waals surface area contributed by atoms with Gasteiger partial charge in [-0.1, -0.05) is 11.6 Å². The Morgan fingerprint density at radius 2 is 2.31 bits per heavy atom. The molecule has 1 aliphatic rings. The van der Waals surface area contributed by atoms with Crippen LogP contribution in [0.25, 0.3) is 10.6 Å². The van der Waals surface area contributed by atoms with Crippen LogP contribution in [0, 0.1) is 0 Å². The Labute approximate surface area is 103 Å². The van der Waals surface area contributed by atoms with E-state index in [0.717, 1.165) is 33.6 Å². The minimum atomic E-state index is 0.124. The van der Waals surface area contributed by atoms with Crippen molar-refractivity contribution in [1.29, 1.82) is 0 Å². The molecular formula is C11H12ClN3S. The molecular weight excluding hydrogens is 242 g/mol. The molecule has 3 nitrogen and oxygen atoms in total. The van der Waals surface area contributed by atoms with Crippen molar-refractivity contribution in [2.24, 2.45) is 5.73 Å². The van der Waals surface area contributed by atoms with Crippen LogP contribution in [0.5, 0.6) is 0 Å². The van der Waals surface area contributed by atoms with Gasteiger partial charge in [-0.05, 0) is 25.0 Å². The van der Waals surface area contributed by atoms with Crippen molar-refractivity contribution < 1.29 is 0 Å². The zero-order chi connectivity index (χ0) is 11.2. The van der Waals surface area contributed by atoms with Gasteiger partial charge in [0.1, 0.15) is 5.82 Å². The number of thiophene rings is 1. The molecule has 1 aliphatic carbocycles. The van der Waals surface area contributed by atoms with Crippen molar-refractivity contribution in [1.82, 2.24) is 9.97 Å². The minimum absolute atomic E-state index is 0.124. The average molecular weight is 254 g/mol. The van der Waals surface area contributed by atoms with Crippen molar-refractivity contribution in [3.63, 3.8) is 0 Å². The summed E-state index contributed by atoms with van der Waals surface area (Å²) in [4.78, 5) is 8.91. The molecule has 0 aliphatic heterocycles. The van der Waals surface area contributed by atoms with Gasteiger partial charge in [-0.25, -0.2) is 4.98 Å². The molecule has 3 N–H and O–H groups in total. The van der Waals surface area contributed by atoms with E-state index in [2.05, 4.69) is 9.97 Å². The lowest BCUT2D eigenvalue weighted by Gasteiger charge is -2.07. The summed E-state index contributed by atoms with van der Waals surface area (Å²) in [6.45, 7) is 0.672. The third kappa shape index (κ3) is 1.57. The van der Waals surface area contributed by atoms with Crippen LogP contribution in [0.4, 0.5) is 0 Å². The Hall–Kier alpha value is -0.840. The summed E-state index contributed by atoms with van der Waals surface area (Å²) in [5.74, 6) is 1.02. The molecule has 0 unspecified atom stereocenters. The Morgan fingerprint density at radius 1 is 1.50 bits per heavy atom. The molecule has 0 amide bonds. The molecule has 2 aromatic heterocycles. The normalized spacial score (nSPS) is 17.6. The van der Waals surface area contributed by atoms with Crippen molar-refractivity contribution in [2.45, 2.75) is 18.3 Å². The molecule has 0 spiro atoms. The van der Waals surface area contributed by atoms with Crippen LogP contribution in [-0.4, -0.2) is 16.5 Å². The largest absolute Gasteiger partial charge is 0.341 e. The SMILES string of the molecule is NCC1(c2ncc(-c3ccc(Cl)s3)[nH]2)CC1. The van der Waals surface area contributed by atoms with Crippen LogP contribution in [0.1, 0.15) is 18.7 Å². The maximum absolute atomic E-state index is 5.91. The van der Waals surface area contributed by atoms with Gasteiger partial charge < -0.3 is 10.7 Å². The van der Waals surface area contributed by atoms with Gasteiger partial charge >= 0.3 is 0 Å². The molecule has 16 heavy (non-hydrogen) atoms. The summed E-state index contributed by atoms with van der Waals surface area (Å²) in [7, 11) is 0. The Balaban J connectivity index is 1.94. The van der Waals surface area contributed by atoms with Crippen molar-refractivity contribution >= 4 is 22.9 Å². The average Bonchev–Trinajstić information content (AvgIpc) is 2.74. The van der Waals surface area contributed by atoms with Gasteiger partial charge in [0.15, 0.2) is 0 Å². The molecule has 2 aromatic rings. The smallest absolute Gasteiger partial charge is 0.114 e. The maximum Gasteiger partial charge on any atom is 0.114 e. The maximum atomic E-state index is 5.91. The number of H-pyrrole nitrogens is 1. The van der Waals surface area contributed by atoms with Gasteiger partial charge in [0.2, 0.25) is 0 Å². The topological polar surface area (TPSA) is 54.7 Å². The lowest BCUT2D eigenvalue weighted by molar-refractivity contribution is 0.659. The van der Waals surface area contributed by atoms with Gasteiger partial charge in [0.25, 0.3) is 0 Å². The second-order valence-corrected chi connectivity index (χ2v) is 5.95. The molecule has 0 saturated heterocycles. The summed E-state index contributed by atoms with van der Waals surface area (Å²) < 4.78 is 0.797. The number of aromatic amines is 1. The number of nitrogens with zero attached hydrogens (tertiary/aromatic N) is 1. The number of rotatable bonds is 3. The van der Waals surface area contributed by atoms with Crippen molar-refractivity contribution in [3.05, 3.63) is 28.5 Å². The van der Waals surface area contributed by atoms with Gasteiger partial charge in [-0.2, -0.15) is 0 Å². The van der Waals surface area contributed by atoms with Crippen LogP contribution in [0.3, 0.4) is 0 Å². The van der Waals surface area contributed by atoms with Gasteiger partial charge in [0, 0.05) is 12.0 Å². The second-order valence-electron chi connectivity index (χ2n) is 4.23. The first-order chi connectivity index (χ1) is 7.73. The fourth-order valence-electron chi connectivity index (χ4n) is 1.86. The number of nitrogens with two attached hydrogens (primary N) is 1. The molecule has 0 bridgehead atoms. The highest BCUT2D eigenvalue weighted by atomic mass is 35.5.